The molecule has 3 aromatic heterocycles. The second-order valence-corrected chi connectivity index (χ2v) is 5.93. The Balaban J connectivity index is 1.42. The SMILES string of the molecule is FC1=CNCC=C1CNc1ccc(Cc2c[nH]c3ncccc23)cn1. The number of anilines is 1. The molecule has 4 heterocycles. The summed E-state index contributed by atoms with van der Waals surface area (Å²) in [6, 6.07) is 7.96. The number of dihydropyridines is 1. The molecule has 3 N–H and O–H groups in total. The predicted octanol–water partition coefficient (Wildman–Crippen LogP) is 3.30. The number of fused-ring (bicyclic) bond motifs is 1. The van der Waals surface area contributed by atoms with E-state index in [0.29, 0.717) is 18.7 Å². The maximum absolute atomic E-state index is 13.6. The molecule has 6 heteroatoms. The highest BCUT2D eigenvalue weighted by Crippen LogP contribution is 2.20. The third-order valence-corrected chi connectivity index (χ3v) is 4.22. The third-order valence-electron chi connectivity index (χ3n) is 4.22. The lowest BCUT2D eigenvalue weighted by Crippen LogP contribution is -2.16. The van der Waals surface area contributed by atoms with Crippen LogP contribution in [0.25, 0.3) is 11.0 Å². The highest BCUT2D eigenvalue weighted by atomic mass is 19.1. The third kappa shape index (κ3) is 3.38. The summed E-state index contributed by atoms with van der Waals surface area (Å²) >= 11 is 0. The summed E-state index contributed by atoms with van der Waals surface area (Å²) in [6.07, 6.45) is 9.63. The molecule has 0 unspecified atom stereocenters. The first kappa shape index (κ1) is 15.4. The van der Waals surface area contributed by atoms with Gasteiger partial charge in [0, 0.05) is 55.3 Å². The molecule has 0 atom stereocenters. The molecule has 0 bridgehead atoms. The molecule has 1 aliphatic heterocycles. The Bertz CT molecular complexity index is 940. The number of hydrogen-bond acceptors (Lipinski definition) is 4. The zero-order chi connectivity index (χ0) is 17.1. The molecule has 4 rings (SSSR count). The van der Waals surface area contributed by atoms with E-state index in [1.165, 1.54) is 11.8 Å². The summed E-state index contributed by atoms with van der Waals surface area (Å²) in [5.41, 5.74) is 3.85. The first-order valence-corrected chi connectivity index (χ1v) is 8.18. The second kappa shape index (κ2) is 6.76. The van der Waals surface area contributed by atoms with Crippen LogP contribution in [0.1, 0.15) is 11.1 Å². The van der Waals surface area contributed by atoms with E-state index in [0.717, 1.165) is 28.8 Å². The number of hydrogen-bond donors (Lipinski definition) is 3. The second-order valence-electron chi connectivity index (χ2n) is 5.93. The molecule has 0 aliphatic carbocycles. The summed E-state index contributed by atoms with van der Waals surface area (Å²) < 4.78 is 13.6. The maximum atomic E-state index is 13.6. The number of aromatic amines is 1. The molecule has 0 saturated heterocycles. The Kier molecular flexibility index (Phi) is 4.16. The van der Waals surface area contributed by atoms with Crippen LogP contribution in [0, 0.1) is 0 Å². The largest absolute Gasteiger partial charge is 0.385 e. The van der Waals surface area contributed by atoms with E-state index in [4.69, 9.17) is 0 Å². The van der Waals surface area contributed by atoms with Gasteiger partial charge in [0.25, 0.3) is 0 Å². The van der Waals surface area contributed by atoms with Gasteiger partial charge in [0.05, 0.1) is 0 Å². The standard InChI is InChI=1S/C19H18FN5/c20-17-12-21-7-5-14(17)10-24-18-4-3-13(9-23-18)8-15-11-25-19-16(15)2-1-6-22-19/h1-6,9,11-12,21H,7-8,10H2,(H,22,25)(H,23,24). The number of nitrogens with zero attached hydrogens (tertiary/aromatic N) is 2. The average molecular weight is 335 g/mol. The number of nitrogens with one attached hydrogen (secondary N) is 3. The molecule has 0 saturated carbocycles. The maximum Gasteiger partial charge on any atom is 0.143 e. The molecule has 0 radical (unpaired) electrons. The lowest BCUT2D eigenvalue weighted by Gasteiger charge is -2.12. The van der Waals surface area contributed by atoms with Crippen molar-refractivity contribution in [3.8, 4) is 0 Å². The summed E-state index contributed by atoms with van der Waals surface area (Å²) in [6.45, 7) is 1.07. The van der Waals surface area contributed by atoms with Crippen molar-refractivity contribution < 1.29 is 4.39 Å². The van der Waals surface area contributed by atoms with E-state index >= 15 is 0 Å². The van der Waals surface area contributed by atoms with Crippen molar-refractivity contribution in [2.24, 2.45) is 0 Å². The first-order valence-electron chi connectivity index (χ1n) is 8.18. The van der Waals surface area contributed by atoms with Gasteiger partial charge in [-0.25, -0.2) is 14.4 Å². The highest BCUT2D eigenvalue weighted by Gasteiger charge is 2.08. The van der Waals surface area contributed by atoms with Crippen molar-refractivity contribution in [1.82, 2.24) is 20.3 Å². The molecule has 0 aromatic carbocycles. The molecular formula is C19H18FN5. The molecule has 0 amide bonds. The Morgan fingerprint density at radius 2 is 2.16 bits per heavy atom. The van der Waals surface area contributed by atoms with Crippen LogP contribution in [-0.2, 0) is 6.42 Å². The van der Waals surface area contributed by atoms with Crippen molar-refractivity contribution in [2.75, 3.05) is 18.4 Å². The average Bonchev–Trinajstić information content (AvgIpc) is 3.05. The smallest absolute Gasteiger partial charge is 0.143 e. The van der Waals surface area contributed by atoms with Crippen LogP contribution in [0.15, 0.2) is 66.5 Å². The van der Waals surface area contributed by atoms with Crippen LogP contribution in [-0.4, -0.2) is 28.0 Å². The highest BCUT2D eigenvalue weighted by molar-refractivity contribution is 5.79. The van der Waals surface area contributed by atoms with E-state index in [-0.39, 0.29) is 5.83 Å². The fourth-order valence-electron chi connectivity index (χ4n) is 2.88. The van der Waals surface area contributed by atoms with Crippen LogP contribution in [0.3, 0.4) is 0 Å². The number of halogens is 1. The number of rotatable bonds is 5. The minimum atomic E-state index is -0.233. The topological polar surface area (TPSA) is 65.6 Å². The molecule has 1 aliphatic rings. The molecule has 0 spiro atoms. The molecule has 3 aromatic rings. The molecule has 25 heavy (non-hydrogen) atoms. The van der Waals surface area contributed by atoms with Crippen molar-refractivity contribution in [1.29, 1.82) is 0 Å². The van der Waals surface area contributed by atoms with Crippen molar-refractivity contribution in [2.45, 2.75) is 6.42 Å². The monoisotopic (exact) mass is 335 g/mol. The number of pyridine rings is 2. The number of aromatic nitrogens is 3. The van der Waals surface area contributed by atoms with Gasteiger partial charge in [-0.05, 0) is 29.3 Å². The van der Waals surface area contributed by atoms with Gasteiger partial charge >= 0.3 is 0 Å². The van der Waals surface area contributed by atoms with Crippen LogP contribution in [0.2, 0.25) is 0 Å². The van der Waals surface area contributed by atoms with Gasteiger partial charge in [0.15, 0.2) is 0 Å². The summed E-state index contributed by atoms with van der Waals surface area (Å²) in [7, 11) is 0. The Morgan fingerprint density at radius 3 is 3.00 bits per heavy atom. The zero-order valence-corrected chi connectivity index (χ0v) is 13.6. The number of H-pyrrole nitrogens is 1. The van der Waals surface area contributed by atoms with Crippen molar-refractivity contribution in [3.05, 3.63) is 77.7 Å². The van der Waals surface area contributed by atoms with E-state index in [1.807, 2.05) is 36.7 Å². The normalized spacial score (nSPS) is 14.0. The van der Waals surface area contributed by atoms with Crippen LogP contribution in [0.4, 0.5) is 10.2 Å². The molecule has 5 nitrogen and oxygen atoms in total. The molecular weight excluding hydrogens is 317 g/mol. The van der Waals surface area contributed by atoms with Crippen LogP contribution >= 0.6 is 0 Å². The summed E-state index contributed by atoms with van der Waals surface area (Å²) in [5.74, 6) is 0.500. The molecule has 0 fully saturated rings. The first-order chi connectivity index (χ1) is 12.3. The Hall–Kier alpha value is -3.15. The lowest BCUT2D eigenvalue weighted by atomic mass is 10.1. The zero-order valence-electron chi connectivity index (χ0n) is 13.6. The lowest BCUT2D eigenvalue weighted by molar-refractivity contribution is 0.627. The van der Waals surface area contributed by atoms with E-state index in [1.54, 1.807) is 6.20 Å². The van der Waals surface area contributed by atoms with Gasteiger partial charge in [-0.3, -0.25) is 0 Å². The minimum absolute atomic E-state index is 0.233. The van der Waals surface area contributed by atoms with E-state index in [2.05, 4.69) is 31.7 Å². The van der Waals surface area contributed by atoms with Gasteiger partial charge in [-0.2, -0.15) is 0 Å². The van der Waals surface area contributed by atoms with Gasteiger partial charge in [-0.15, -0.1) is 0 Å². The minimum Gasteiger partial charge on any atom is -0.385 e. The predicted molar refractivity (Wildman–Crippen MR) is 96.9 cm³/mol. The Labute approximate surface area is 144 Å². The van der Waals surface area contributed by atoms with Crippen molar-refractivity contribution >= 4 is 16.9 Å². The summed E-state index contributed by atoms with van der Waals surface area (Å²) in [4.78, 5) is 11.9. The van der Waals surface area contributed by atoms with Gasteiger partial charge in [0.1, 0.15) is 17.3 Å². The Morgan fingerprint density at radius 1 is 1.20 bits per heavy atom. The fraction of sp³-hybridized carbons (Fsp3) is 0.158. The van der Waals surface area contributed by atoms with Gasteiger partial charge in [0.2, 0.25) is 0 Å². The van der Waals surface area contributed by atoms with Crippen molar-refractivity contribution in [3.63, 3.8) is 0 Å². The van der Waals surface area contributed by atoms with E-state index < -0.39 is 0 Å². The van der Waals surface area contributed by atoms with Gasteiger partial charge < -0.3 is 15.6 Å². The van der Waals surface area contributed by atoms with Gasteiger partial charge in [-0.1, -0.05) is 12.1 Å². The fourth-order valence-corrected chi connectivity index (χ4v) is 2.88. The van der Waals surface area contributed by atoms with Crippen LogP contribution in [0.5, 0.6) is 0 Å². The van der Waals surface area contributed by atoms with Crippen LogP contribution < -0.4 is 10.6 Å². The molecule has 126 valence electrons. The summed E-state index contributed by atoms with van der Waals surface area (Å²) in [5, 5.41) is 7.13. The quantitative estimate of drug-likeness (QED) is 0.669. The van der Waals surface area contributed by atoms with E-state index in [9.17, 15) is 4.39 Å².